The molecule has 2 amide bonds. The Morgan fingerprint density at radius 2 is 2.17 bits per heavy atom. The summed E-state index contributed by atoms with van der Waals surface area (Å²) in [7, 11) is 0. The summed E-state index contributed by atoms with van der Waals surface area (Å²) < 4.78 is 5.67. The van der Waals surface area contributed by atoms with E-state index in [1.165, 1.54) is 0 Å². The number of amides is 2. The zero-order valence-corrected chi connectivity index (χ0v) is 14.4. The van der Waals surface area contributed by atoms with Crippen molar-refractivity contribution in [3.8, 4) is 0 Å². The molecule has 0 saturated heterocycles. The van der Waals surface area contributed by atoms with Crippen molar-refractivity contribution in [3.05, 3.63) is 23.8 Å². The van der Waals surface area contributed by atoms with E-state index in [2.05, 4.69) is 10.6 Å². The minimum Gasteiger partial charge on any atom is -0.378 e. The molecule has 0 bridgehead atoms. The molecule has 3 rings (SSSR count). The van der Waals surface area contributed by atoms with E-state index < -0.39 is 11.0 Å². The highest BCUT2D eigenvalue weighted by molar-refractivity contribution is 6.01. The number of ether oxygens (including phenoxy) is 1. The highest BCUT2D eigenvalue weighted by Gasteiger charge is 2.62. The minimum absolute atomic E-state index is 0.000883. The van der Waals surface area contributed by atoms with Crippen LogP contribution in [-0.2, 0) is 20.7 Å². The van der Waals surface area contributed by atoms with Gasteiger partial charge in [0.2, 0.25) is 11.8 Å². The van der Waals surface area contributed by atoms with Gasteiger partial charge in [-0.3, -0.25) is 9.59 Å². The predicted molar refractivity (Wildman–Crippen MR) is 92.8 cm³/mol. The molecule has 2 aliphatic rings. The van der Waals surface area contributed by atoms with Gasteiger partial charge in [-0.15, -0.1) is 0 Å². The molecular formula is C18H25N3O3. The van der Waals surface area contributed by atoms with Crippen LogP contribution in [0.15, 0.2) is 18.2 Å². The Kier molecular flexibility index (Phi) is 4.13. The second-order valence-electron chi connectivity index (χ2n) is 7.22. The largest absolute Gasteiger partial charge is 0.378 e. The van der Waals surface area contributed by atoms with Crippen LogP contribution in [0.3, 0.4) is 0 Å². The fourth-order valence-electron chi connectivity index (χ4n) is 3.51. The van der Waals surface area contributed by atoms with Gasteiger partial charge >= 0.3 is 0 Å². The molecule has 6 nitrogen and oxygen atoms in total. The molecule has 2 unspecified atom stereocenters. The fourth-order valence-corrected chi connectivity index (χ4v) is 3.51. The smallest absolute Gasteiger partial charge is 0.245 e. The van der Waals surface area contributed by atoms with E-state index >= 15 is 0 Å². The van der Waals surface area contributed by atoms with Crippen molar-refractivity contribution in [2.24, 2.45) is 11.1 Å². The van der Waals surface area contributed by atoms with E-state index in [4.69, 9.17) is 10.5 Å². The lowest BCUT2D eigenvalue weighted by molar-refractivity contribution is -0.166. The second-order valence-corrected chi connectivity index (χ2v) is 7.22. The van der Waals surface area contributed by atoms with Gasteiger partial charge in [0.05, 0.1) is 6.10 Å². The Balaban J connectivity index is 1.74. The molecule has 1 saturated carbocycles. The number of anilines is 2. The van der Waals surface area contributed by atoms with Crippen LogP contribution in [0, 0.1) is 5.41 Å². The maximum atomic E-state index is 12.7. The van der Waals surface area contributed by atoms with Crippen LogP contribution in [0.1, 0.15) is 39.2 Å². The van der Waals surface area contributed by atoms with Crippen LogP contribution in [0.2, 0.25) is 0 Å². The first-order chi connectivity index (χ1) is 11.3. The first-order valence-corrected chi connectivity index (χ1v) is 8.42. The van der Waals surface area contributed by atoms with Crippen LogP contribution < -0.4 is 16.4 Å². The molecule has 6 heteroatoms. The van der Waals surface area contributed by atoms with Gasteiger partial charge in [-0.25, -0.2) is 0 Å². The molecule has 1 aromatic carbocycles. The topological polar surface area (TPSA) is 93.4 Å². The normalized spacial score (nSPS) is 27.7. The van der Waals surface area contributed by atoms with Gasteiger partial charge < -0.3 is 21.1 Å². The SMILES string of the molecule is CCOC1CC(N)(C(=O)Nc2ccc3c(c2)NC(=O)CC3)C1(C)C. The average Bonchev–Trinajstić information content (AvgIpc) is 2.54. The zero-order valence-electron chi connectivity index (χ0n) is 14.4. The standard InChI is InChI=1S/C18H25N3O3/c1-4-24-14-10-18(19,17(14,2)3)16(23)20-12-7-5-11-6-8-15(22)21-13(11)9-12/h5,7,9,14H,4,6,8,10,19H2,1-3H3,(H,20,23)(H,21,22). The van der Waals surface area contributed by atoms with Gasteiger partial charge in [0.15, 0.2) is 0 Å². The number of nitrogens with two attached hydrogens (primary N) is 1. The monoisotopic (exact) mass is 331 g/mol. The second kappa shape index (κ2) is 5.86. The maximum Gasteiger partial charge on any atom is 0.245 e. The van der Waals surface area contributed by atoms with Gasteiger partial charge in [-0.05, 0) is 31.0 Å². The average molecular weight is 331 g/mol. The van der Waals surface area contributed by atoms with Crippen molar-refractivity contribution in [1.29, 1.82) is 0 Å². The number of carbonyl (C=O) groups excluding carboxylic acids is 2. The van der Waals surface area contributed by atoms with E-state index in [9.17, 15) is 9.59 Å². The van der Waals surface area contributed by atoms with Gasteiger partial charge in [0, 0.05) is 36.2 Å². The third-order valence-corrected chi connectivity index (χ3v) is 5.50. The van der Waals surface area contributed by atoms with Crippen molar-refractivity contribution in [1.82, 2.24) is 0 Å². The van der Waals surface area contributed by atoms with E-state index in [1.807, 2.05) is 32.9 Å². The summed E-state index contributed by atoms with van der Waals surface area (Å²) in [4.78, 5) is 24.3. The molecule has 0 radical (unpaired) electrons. The summed E-state index contributed by atoms with van der Waals surface area (Å²) in [5, 5.41) is 5.74. The Morgan fingerprint density at radius 3 is 2.83 bits per heavy atom. The number of nitrogens with one attached hydrogen (secondary N) is 2. The number of hydrogen-bond donors (Lipinski definition) is 3. The third kappa shape index (κ3) is 2.59. The number of hydrogen-bond acceptors (Lipinski definition) is 4. The molecule has 0 spiro atoms. The number of benzene rings is 1. The van der Waals surface area contributed by atoms with E-state index in [0.29, 0.717) is 25.1 Å². The Labute approximate surface area is 142 Å². The Morgan fingerprint density at radius 1 is 1.42 bits per heavy atom. The van der Waals surface area contributed by atoms with Crippen molar-refractivity contribution in [2.75, 3.05) is 17.2 Å². The number of fused-ring (bicyclic) bond motifs is 1. The number of aryl methyl sites for hydroxylation is 1. The molecule has 1 aromatic rings. The number of rotatable bonds is 4. The summed E-state index contributed by atoms with van der Waals surface area (Å²) in [5.74, 6) is -0.216. The summed E-state index contributed by atoms with van der Waals surface area (Å²) in [6.45, 7) is 6.47. The van der Waals surface area contributed by atoms with E-state index in [-0.39, 0.29) is 17.9 Å². The van der Waals surface area contributed by atoms with Crippen molar-refractivity contribution in [2.45, 2.75) is 51.7 Å². The zero-order chi connectivity index (χ0) is 17.5. The number of carbonyl (C=O) groups is 2. The van der Waals surface area contributed by atoms with E-state index in [0.717, 1.165) is 17.7 Å². The summed E-state index contributed by atoms with van der Waals surface area (Å²) in [6, 6.07) is 5.57. The van der Waals surface area contributed by atoms with Gasteiger partial charge in [-0.1, -0.05) is 19.9 Å². The maximum absolute atomic E-state index is 12.7. The molecule has 1 heterocycles. The quantitative estimate of drug-likeness (QED) is 0.787. The predicted octanol–water partition coefficient (Wildman–Crippen LogP) is 2.04. The molecule has 1 aliphatic carbocycles. The van der Waals surface area contributed by atoms with Crippen LogP contribution >= 0.6 is 0 Å². The summed E-state index contributed by atoms with van der Waals surface area (Å²) in [5.41, 5.74) is 7.47. The Bertz CT molecular complexity index is 686. The summed E-state index contributed by atoms with van der Waals surface area (Å²) in [6.07, 6.45) is 1.71. The lowest BCUT2D eigenvalue weighted by Gasteiger charge is -2.57. The minimum atomic E-state index is -0.966. The molecule has 2 atom stereocenters. The molecule has 24 heavy (non-hydrogen) atoms. The van der Waals surface area contributed by atoms with Crippen LogP contribution in [-0.4, -0.2) is 30.1 Å². The lowest BCUT2D eigenvalue weighted by Crippen LogP contribution is -2.74. The van der Waals surface area contributed by atoms with Crippen molar-refractivity contribution in [3.63, 3.8) is 0 Å². The third-order valence-electron chi connectivity index (χ3n) is 5.50. The highest BCUT2D eigenvalue weighted by Crippen LogP contribution is 2.50. The van der Waals surface area contributed by atoms with Crippen LogP contribution in [0.4, 0.5) is 11.4 Å². The first-order valence-electron chi connectivity index (χ1n) is 8.42. The molecule has 130 valence electrons. The summed E-state index contributed by atoms with van der Waals surface area (Å²) >= 11 is 0. The Hall–Kier alpha value is -1.92. The van der Waals surface area contributed by atoms with Gasteiger partial charge in [-0.2, -0.15) is 0 Å². The van der Waals surface area contributed by atoms with E-state index in [1.54, 1.807) is 6.07 Å². The molecule has 1 fully saturated rings. The lowest BCUT2D eigenvalue weighted by atomic mass is 9.54. The van der Waals surface area contributed by atoms with Crippen molar-refractivity contribution < 1.29 is 14.3 Å². The molecule has 4 N–H and O–H groups in total. The van der Waals surface area contributed by atoms with Crippen LogP contribution in [0.5, 0.6) is 0 Å². The molecule has 1 aliphatic heterocycles. The molecule has 0 aromatic heterocycles. The fraction of sp³-hybridized carbons (Fsp3) is 0.556. The highest BCUT2D eigenvalue weighted by atomic mass is 16.5. The van der Waals surface area contributed by atoms with Crippen molar-refractivity contribution >= 4 is 23.2 Å². The molecular weight excluding hydrogens is 306 g/mol. The van der Waals surface area contributed by atoms with Gasteiger partial charge in [0.1, 0.15) is 5.54 Å². The van der Waals surface area contributed by atoms with Gasteiger partial charge in [0.25, 0.3) is 0 Å². The first kappa shape index (κ1) is 16.9. The van der Waals surface area contributed by atoms with Crippen LogP contribution in [0.25, 0.3) is 0 Å².